The maximum absolute atomic E-state index is 12.5. The number of nitrogens with one attached hydrogen (secondary N) is 1. The summed E-state index contributed by atoms with van der Waals surface area (Å²) in [6, 6.07) is 9.04. The molecule has 1 aliphatic rings. The molecule has 22 heavy (non-hydrogen) atoms. The fourth-order valence-corrected chi connectivity index (χ4v) is 2.92. The molecule has 1 aromatic rings. The van der Waals surface area contributed by atoms with Crippen LogP contribution in [-0.4, -0.2) is 36.5 Å². The van der Waals surface area contributed by atoms with Gasteiger partial charge in [0.05, 0.1) is 0 Å². The van der Waals surface area contributed by atoms with E-state index in [-0.39, 0.29) is 24.2 Å². The van der Waals surface area contributed by atoms with Gasteiger partial charge in [-0.2, -0.15) is 0 Å². The molecule has 4 heteroatoms. The molecule has 1 amide bonds. The summed E-state index contributed by atoms with van der Waals surface area (Å²) >= 11 is 0. The lowest BCUT2D eigenvalue weighted by Crippen LogP contribution is -2.52. The minimum absolute atomic E-state index is 0. The second kappa shape index (κ2) is 8.54. The van der Waals surface area contributed by atoms with Crippen LogP contribution in [-0.2, 0) is 4.79 Å². The smallest absolute Gasteiger partial charge is 0.223 e. The van der Waals surface area contributed by atoms with Crippen molar-refractivity contribution in [1.82, 2.24) is 10.2 Å². The predicted molar refractivity (Wildman–Crippen MR) is 94.9 cm³/mol. The van der Waals surface area contributed by atoms with Crippen LogP contribution in [0.4, 0.5) is 0 Å². The lowest BCUT2D eigenvalue weighted by atomic mass is 9.93. The first-order valence-electron chi connectivity index (χ1n) is 8.09. The molecule has 0 radical (unpaired) electrons. The molecule has 0 bridgehead atoms. The highest BCUT2D eigenvalue weighted by atomic mass is 35.5. The predicted octanol–water partition coefficient (Wildman–Crippen LogP) is 3.55. The Morgan fingerprint density at radius 3 is 2.36 bits per heavy atom. The summed E-state index contributed by atoms with van der Waals surface area (Å²) in [7, 11) is 0. The number of hydrogen-bond acceptors (Lipinski definition) is 2. The molecule has 2 unspecified atom stereocenters. The molecule has 3 nitrogen and oxygen atoms in total. The van der Waals surface area contributed by atoms with Crippen molar-refractivity contribution >= 4 is 18.3 Å². The third-order valence-corrected chi connectivity index (χ3v) is 4.47. The Bertz CT molecular complexity index is 472. The summed E-state index contributed by atoms with van der Waals surface area (Å²) in [6.45, 7) is 11.3. The van der Waals surface area contributed by atoms with E-state index in [0.717, 1.165) is 19.6 Å². The number of benzene rings is 1. The van der Waals surface area contributed by atoms with Gasteiger partial charge in [0.2, 0.25) is 5.91 Å². The highest BCUT2D eigenvalue weighted by Gasteiger charge is 2.24. The second-order valence-electron chi connectivity index (χ2n) is 6.57. The number of hydrogen-bond donors (Lipinski definition) is 1. The first kappa shape index (κ1) is 19.0. The molecule has 1 N–H and O–H groups in total. The Morgan fingerprint density at radius 1 is 1.23 bits per heavy atom. The standard InChI is InChI=1S/C18H28N2O.ClH/c1-13(2)16-5-7-17(8-6-16)14(3)11-18(21)20-10-9-19-12-15(20)4;/h5-8,13-15,19H,9-12H2,1-4H3;1H. The van der Waals surface area contributed by atoms with Gasteiger partial charge in [-0.05, 0) is 29.9 Å². The van der Waals surface area contributed by atoms with E-state index in [0.29, 0.717) is 18.4 Å². The van der Waals surface area contributed by atoms with Crippen LogP contribution < -0.4 is 5.32 Å². The molecule has 1 heterocycles. The molecule has 0 aromatic heterocycles. The number of carbonyl (C=O) groups excluding carboxylic acids is 1. The average Bonchev–Trinajstić information content (AvgIpc) is 2.47. The van der Waals surface area contributed by atoms with Crippen LogP contribution in [0, 0.1) is 0 Å². The zero-order valence-electron chi connectivity index (χ0n) is 14.1. The molecule has 1 saturated heterocycles. The van der Waals surface area contributed by atoms with Gasteiger partial charge in [-0.25, -0.2) is 0 Å². The van der Waals surface area contributed by atoms with Crippen molar-refractivity contribution in [3.8, 4) is 0 Å². The molecular formula is C18H29ClN2O. The van der Waals surface area contributed by atoms with E-state index in [1.54, 1.807) is 0 Å². The largest absolute Gasteiger partial charge is 0.337 e. The normalized spacial score (nSPS) is 19.7. The molecule has 0 spiro atoms. The molecule has 2 rings (SSSR count). The van der Waals surface area contributed by atoms with E-state index in [9.17, 15) is 4.79 Å². The van der Waals surface area contributed by atoms with Gasteiger partial charge < -0.3 is 10.2 Å². The van der Waals surface area contributed by atoms with Gasteiger partial charge in [0.15, 0.2) is 0 Å². The van der Waals surface area contributed by atoms with Crippen molar-refractivity contribution in [3.05, 3.63) is 35.4 Å². The molecule has 1 fully saturated rings. The fourth-order valence-electron chi connectivity index (χ4n) is 2.92. The van der Waals surface area contributed by atoms with Crippen LogP contribution in [0.15, 0.2) is 24.3 Å². The summed E-state index contributed by atoms with van der Waals surface area (Å²) in [4.78, 5) is 14.5. The minimum atomic E-state index is 0. The zero-order valence-corrected chi connectivity index (χ0v) is 15.0. The highest BCUT2D eigenvalue weighted by Crippen LogP contribution is 2.23. The number of halogens is 1. The molecule has 2 atom stereocenters. The Morgan fingerprint density at radius 2 is 1.82 bits per heavy atom. The highest BCUT2D eigenvalue weighted by molar-refractivity contribution is 5.85. The molecule has 124 valence electrons. The number of rotatable bonds is 4. The molecule has 0 saturated carbocycles. The van der Waals surface area contributed by atoms with Crippen molar-refractivity contribution in [1.29, 1.82) is 0 Å². The third kappa shape index (κ3) is 4.72. The summed E-state index contributed by atoms with van der Waals surface area (Å²) < 4.78 is 0. The van der Waals surface area contributed by atoms with Gasteiger partial charge in [0, 0.05) is 32.1 Å². The van der Waals surface area contributed by atoms with Crippen LogP contribution in [0.1, 0.15) is 57.1 Å². The van der Waals surface area contributed by atoms with Crippen LogP contribution in [0.2, 0.25) is 0 Å². The maximum Gasteiger partial charge on any atom is 0.223 e. The van der Waals surface area contributed by atoms with Crippen molar-refractivity contribution in [3.63, 3.8) is 0 Å². The van der Waals surface area contributed by atoms with Gasteiger partial charge >= 0.3 is 0 Å². The maximum atomic E-state index is 12.5. The van der Waals surface area contributed by atoms with Gasteiger partial charge in [-0.3, -0.25) is 4.79 Å². The van der Waals surface area contributed by atoms with E-state index in [1.807, 2.05) is 4.90 Å². The van der Waals surface area contributed by atoms with Crippen LogP contribution in [0.3, 0.4) is 0 Å². The Hall–Kier alpha value is -1.06. The Balaban J connectivity index is 0.00000242. The van der Waals surface area contributed by atoms with Crippen molar-refractivity contribution in [2.45, 2.75) is 52.0 Å². The zero-order chi connectivity index (χ0) is 15.4. The van der Waals surface area contributed by atoms with Gasteiger partial charge in [0.25, 0.3) is 0 Å². The van der Waals surface area contributed by atoms with Crippen molar-refractivity contribution in [2.24, 2.45) is 0 Å². The van der Waals surface area contributed by atoms with Crippen molar-refractivity contribution < 1.29 is 4.79 Å². The summed E-state index contributed by atoms with van der Waals surface area (Å²) in [6.07, 6.45) is 0.603. The van der Waals surface area contributed by atoms with Crippen LogP contribution in [0.5, 0.6) is 0 Å². The van der Waals surface area contributed by atoms with Gasteiger partial charge in [-0.15, -0.1) is 12.4 Å². The van der Waals surface area contributed by atoms with Crippen LogP contribution in [0.25, 0.3) is 0 Å². The van der Waals surface area contributed by atoms with E-state index >= 15 is 0 Å². The van der Waals surface area contributed by atoms with E-state index < -0.39 is 0 Å². The quantitative estimate of drug-likeness (QED) is 0.918. The van der Waals surface area contributed by atoms with Gasteiger partial charge in [0.1, 0.15) is 0 Å². The average molecular weight is 325 g/mol. The lowest BCUT2D eigenvalue weighted by molar-refractivity contribution is -0.134. The molecular weight excluding hydrogens is 296 g/mol. The molecule has 0 aliphatic carbocycles. The summed E-state index contributed by atoms with van der Waals surface area (Å²) in [5.41, 5.74) is 2.61. The Labute approximate surface area is 140 Å². The topological polar surface area (TPSA) is 32.3 Å². The van der Waals surface area contributed by atoms with Gasteiger partial charge in [-0.1, -0.05) is 45.0 Å². The third-order valence-electron chi connectivity index (χ3n) is 4.47. The van der Waals surface area contributed by atoms with E-state index in [1.165, 1.54) is 11.1 Å². The molecule has 1 aliphatic heterocycles. The van der Waals surface area contributed by atoms with Crippen LogP contribution >= 0.6 is 12.4 Å². The first-order chi connectivity index (χ1) is 9.99. The first-order valence-corrected chi connectivity index (χ1v) is 8.09. The number of piperazine rings is 1. The number of carbonyl (C=O) groups is 1. The monoisotopic (exact) mass is 324 g/mol. The number of nitrogens with zero attached hydrogens (tertiary/aromatic N) is 1. The van der Waals surface area contributed by atoms with Crippen molar-refractivity contribution in [2.75, 3.05) is 19.6 Å². The van der Waals surface area contributed by atoms with E-state index in [4.69, 9.17) is 0 Å². The fraction of sp³-hybridized carbons (Fsp3) is 0.611. The minimum Gasteiger partial charge on any atom is -0.337 e. The Kier molecular flexibility index (Phi) is 7.37. The summed E-state index contributed by atoms with van der Waals surface area (Å²) in [5.74, 6) is 1.11. The van der Waals surface area contributed by atoms with E-state index in [2.05, 4.69) is 57.3 Å². The summed E-state index contributed by atoms with van der Waals surface area (Å²) in [5, 5.41) is 3.33. The second-order valence-corrected chi connectivity index (χ2v) is 6.57. The lowest BCUT2D eigenvalue weighted by Gasteiger charge is -2.34. The SMILES string of the molecule is CC(C)c1ccc(C(C)CC(=O)N2CCNCC2C)cc1.Cl. The molecule has 1 aromatic carbocycles. The number of amides is 1.